The molecule has 0 amide bonds. The third kappa shape index (κ3) is 3.69. The van der Waals surface area contributed by atoms with Crippen molar-refractivity contribution in [2.75, 3.05) is 12.4 Å². The summed E-state index contributed by atoms with van der Waals surface area (Å²) in [6, 6.07) is 7.51. The summed E-state index contributed by atoms with van der Waals surface area (Å²) in [7, 11) is 0. The first-order chi connectivity index (χ1) is 7.27. The van der Waals surface area contributed by atoms with Gasteiger partial charge in [0.1, 0.15) is 12.4 Å². The number of hydrogen-bond donors (Lipinski definition) is 1. The highest BCUT2D eigenvalue weighted by molar-refractivity contribution is 7.80. The SMILES string of the molecule is Cc1ccc(C#N)cc1OC/C=C/CS. The van der Waals surface area contributed by atoms with Crippen molar-refractivity contribution >= 4 is 12.6 Å². The summed E-state index contributed by atoms with van der Waals surface area (Å²) >= 11 is 4.05. The maximum atomic E-state index is 8.73. The molecule has 0 N–H and O–H groups in total. The highest BCUT2D eigenvalue weighted by atomic mass is 32.1. The Labute approximate surface area is 95.6 Å². The predicted octanol–water partition coefficient (Wildman–Crippen LogP) is 2.73. The van der Waals surface area contributed by atoms with Crippen molar-refractivity contribution in [3.05, 3.63) is 41.5 Å². The number of hydrogen-bond acceptors (Lipinski definition) is 3. The number of nitriles is 1. The second-order valence-electron chi connectivity index (χ2n) is 3.06. The molecule has 0 aliphatic rings. The normalized spacial score (nSPS) is 10.2. The van der Waals surface area contributed by atoms with E-state index in [1.54, 1.807) is 12.1 Å². The zero-order valence-electron chi connectivity index (χ0n) is 8.60. The van der Waals surface area contributed by atoms with Gasteiger partial charge >= 0.3 is 0 Å². The van der Waals surface area contributed by atoms with Crippen molar-refractivity contribution in [1.82, 2.24) is 0 Å². The molecule has 0 aliphatic heterocycles. The summed E-state index contributed by atoms with van der Waals surface area (Å²) in [5, 5.41) is 8.73. The highest BCUT2D eigenvalue weighted by Crippen LogP contribution is 2.18. The molecule has 0 unspecified atom stereocenters. The lowest BCUT2D eigenvalue weighted by Crippen LogP contribution is -1.96. The van der Waals surface area contributed by atoms with Crippen LogP contribution in [0, 0.1) is 18.3 Å². The van der Waals surface area contributed by atoms with Gasteiger partial charge < -0.3 is 4.74 Å². The van der Waals surface area contributed by atoms with Gasteiger partial charge in [0.15, 0.2) is 0 Å². The zero-order chi connectivity index (χ0) is 11.1. The molecule has 0 atom stereocenters. The average Bonchev–Trinajstić information content (AvgIpc) is 2.26. The van der Waals surface area contributed by atoms with Crippen LogP contribution in [0.15, 0.2) is 30.4 Å². The topological polar surface area (TPSA) is 33.0 Å². The van der Waals surface area contributed by atoms with Crippen molar-refractivity contribution in [2.45, 2.75) is 6.92 Å². The number of benzene rings is 1. The number of thiol groups is 1. The zero-order valence-corrected chi connectivity index (χ0v) is 9.50. The van der Waals surface area contributed by atoms with E-state index in [0.29, 0.717) is 17.9 Å². The van der Waals surface area contributed by atoms with Crippen LogP contribution in [0.1, 0.15) is 11.1 Å². The molecule has 1 aromatic rings. The Morgan fingerprint density at radius 3 is 2.93 bits per heavy atom. The predicted molar refractivity (Wildman–Crippen MR) is 64.4 cm³/mol. The van der Waals surface area contributed by atoms with Crippen molar-refractivity contribution in [1.29, 1.82) is 5.26 Å². The quantitative estimate of drug-likeness (QED) is 0.624. The molecule has 0 bridgehead atoms. The van der Waals surface area contributed by atoms with Gasteiger partial charge in [-0.25, -0.2) is 0 Å². The minimum Gasteiger partial charge on any atom is -0.489 e. The van der Waals surface area contributed by atoms with E-state index < -0.39 is 0 Å². The summed E-state index contributed by atoms with van der Waals surface area (Å²) in [5.74, 6) is 1.47. The lowest BCUT2D eigenvalue weighted by atomic mass is 10.1. The van der Waals surface area contributed by atoms with Crippen LogP contribution in [-0.2, 0) is 0 Å². The fourth-order valence-electron chi connectivity index (χ4n) is 1.11. The van der Waals surface area contributed by atoms with E-state index in [0.717, 1.165) is 11.3 Å². The molecule has 1 rings (SSSR count). The minimum absolute atomic E-state index is 0.510. The van der Waals surface area contributed by atoms with Crippen LogP contribution in [0.4, 0.5) is 0 Å². The molecule has 0 spiro atoms. The van der Waals surface area contributed by atoms with Gasteiger partial charge in [-0.1, -0.05) is 18.2 Å². The van der Waals surface area contributed by atoms with Crippen LogP contribution < -0.4 is 4.74 Å². The monoisotopic (exact) mass is 219 g/mol. The highest BCUT2D eigenvalue weighted by Gasteiger charge is 1.99. The summed E-state index contributed by atoms with van der Waals surface area (Å²) in [5.41, 5.74) is 1.65. The van der Waals surface area contributed by atoms with Gasteiger partial charge in [-0.2, -0.15) is 17.9 Å². The van der Waals surface area contributed by atoms with Crippen LogP contribution in [0.3, 0.4) is 0 Å². The van der Waals surface area contributed by atoms with Gasteiger partial charge in [-0.3, -0.25) is 0 Å². The van der Waals surface area contributed by atoms with Crippen LogP contribution >= 0.6 is 12.6 Å². The maximum absolute atomic E-state index is 8.73. The van der Waals surface area contributed by atoms with E-state index >= 15 is 0 Å². The Bertz CT molecular complexity index is 393. The number of nitrogens with zero attached hydrogens (tertiary/aromatic N) is 1. The third-order valence-corrected chi connectivity index (χ3v) is 2.14. The molecule has 0 heterocycles. The molecule has 2 nitrogen and oxygen atoms in total. The molecule has 0 aliphatic carbocycles. The van der Waals surface area contributed by atoms with E-state index in [1.807, 2.05) is 25.1 Å². The fourth-order valence-corrected chi connectivity index (χ4v) is 1.25. The Balaban J connectivity index is 2.68. The summed E-state index contributed by atoms with van der Waals surface area (Å²) < 4.78 is 5.51. The lowest BCUT2D eigenvalue weighted by Gasteiger charge is -2.06. The van der Waals surface area contributed by atoms with E-state index in [-0.39, 0.29) is 0 Å². The standard InChI is InChI=1S/C12H13NOS/c1-10-4-5-11(9-13)8-12(10)14-6-2-3-7-15/h2-5,8,15H,6-7H2,1H3/b3-2+. The second kappa shape index (κ2) is 6.15. The van der Waals surface area contributed by atoms with Crippen LogP contribution in [0.2, 0.25) is 0 Å². The van der Waals surface area contributed by atoms with E-state index in [4.69, 9.17) is 10.00 Å². The Morgan fingerprint density at radius 1 is 1.47 bits per heavy atom. The molecule has 0 radical (unpaired) electrons. The van der Waals surface area contributed by atoms with Crippen LogP contribution in [-0.4, -0.2) is 12.4 Å². The second-order valence-corrected chi connectivity index (χ2v) is 3.42. The Kier molecular flexibility index (Phi) is 4.79. The molecule has 3 heteroatoms. The first kappa shape index (κ1) is 11.7. The number of ether oxygens (including phenoxy) is 1. The Morgan fingerprint density at radius 2 is 2.27 bits per heavy atom. The van der Waals surface area contributed by atoms with Crippen molar-refractivity contribution in [2.24, 2.45) is 0 Å². The molecule has 0 saturated heterocycles. The van der Waals surface area contributed by atoms with E-state index in [1.165, 1.54) is 0 Å². The third-order valence-electron chi connectivity index (χ3n) is 1.92. The maximum Gasteiger partial charge on any atom is 0.124 e. The molecule has 15 heavy (non-hydrogen) atoms. The van der Waals surface area contributed by atoms with E-state index in [9.17, 15) is 0 Å². The lowest BCUT2D eigenvalue weighted by molar-refractivity contribution is 0.360. The molecular formula is C12H13NOS. The largest absolute Gasteiger partial charge is 0.489 e. The number of aryl methyl sites for hydroxylation is 1. The van der Waals surface area contributed by atoms with Gasteiger partial charge in [-0.05, 0) is 24.6 Å². The fraction of sp³-hybridized carbons (Fsp3) is 0.250. The van der Waals surface area contributed by atoms with Crippen molar-refractivity contribution in [3.8, 4) is 11.8 Å². The van der Waals surface area contributed by atoms with Gasteiger partial charge in [0, 0.05) is 5.75 Å². The van der Waals surface area contributed by atoms with Gasteiger partial charge in [-0.15, -0.1) is 0 Å². The summed E-state index contributed by atoms with van der Waals surface area (Å²) in [6.07, 6.45) is 3.83. The first-order valence-electron chi connectivity index (χ1n) is 4.67. The van der Waals surface area contributed by atoms with Gasteiger partial charge in [0.25, 0.3) is 0 Å². The molecule has 0 fully saturated rings. The molecule has 1 aromatic carbocycles. The molecule has 0 saturated carbocycles. The smallest absolute Gasteiger partial charge is 0.124 e. The van der Waals surface area contributed by atoms with Gasteiger partial charge in [0.05, 0.1) is 11.6 Å². The van der Waals surface area contributed by atoms with Gasteiger partial charge in [0.2, 0.25) is 0 Å². The first-order valence-corrected chi connectivity index (χ1v) is 5.30. The van der Waals surface area contributed by atoms with Crippen molar-refractivity contribution < 1.29 is 4.74 Å². The van der Waals surface area contributed by atoms with Crippen LogP contribution in [0.5, 0.6) is 5.75 Å². The summed E-state index contributed by atoms with van der Waals surface area (Å²) in [6.45, 7) is 2.47. The minimum atomic E-state index is 0.510. The molecular weight excluding hydrogens is 206 g/mol. The summed E-state index contributed by atoms with van der Waals surface area (Å²) in [4.78, 5) is 0. The number of rotatable bonds is 4. The average molecular weight is 219 g/mol. The molecule has 78 valence electrons. The van der Waals surface area contributed by atoms with E-state index in [2.05, 4.69) is 18.7 Å². The molecule has 0 aromatic heterocycles. The van der Waals surface area contributed by atoms with Crippen molar-refractivity contribution in [3.63, 3.8) is 0 Å². The Hall–Kier alpha value is -1.40. The van der Waals surface area contributed by atoms with Crippen LogP contribution in [0.25, 0.3) is 0 Å².